The van der Waals surface area contributed by atoms with Crippen LogP contribution < -0.4 is 14.8 Å². The molecule has 2 aliphatic rings. The third-order valence-electron chi connectivity index (χ3n) is 4.14. The molecular weight excluding hydrogens is 362 g/mol. The van der Waals surface area contributed by atoms with E-state index in [2.05, 4.69) is 44.8 Å². The smallest absolute Gasteiger partial charge is 0.161 e. The van der Waals surface area contributed by atoms with Gasteiger partial charge in [0, 0.05) is 27.3 Å². The van der Waals surface area contributed by atoms with Gasteiger partial charge in [0.1, 0.15) is 13.2 Å². The average molecular weight is 380 g/mol. The Morgan fingerprint density at radius 2 is 2.00 bits per heavy atom. The van der Waals surface area contributed by atoms with E-state index in [0.717, 1.165) is 28.4 Å². The number of hydrogen-bond donors (Lipinski definition) is 1. The van der Waals surface area contributed by atoms with E-state index in [4.69, 9.17) is 9.47 Å². The average Bonchev–Trinajstić information content (AvgIpc) is 3.29. The van der Waals surface area contributed by atoms with Crippen molar-refractivity contribution in [3.05, 3.63) is 44.6 Å². The summed E-state index contributed by atoms with van der Waals surface area (Å²) < 4.78 is 12.5. The lowest BCUT2D eigenvalue weighted by molar-refractivity contribution is 0.171. The minimum absolute atomic E-state index is 0.400. The zero-order valence-electron chi connectivity index (χ0n) is 12.2. The molecule has 1 aromatic carbocycles. The van der Waals surface area contributed by atoms with Crippen molar-refractivity contribution in [3.8, 4) is 11.5 Å². The van der Waals surface area contributed by atoms with Crippen molar-refractivity contribution in [3.63, 3.8) is 0 Å². The lowest BCUT2D eigenvalue weighted by Gasteiger charge is -2.23. The highest BCUT2D eigenvalue weighted by molar-refractivity contribution is 9.10. The number of nitrogens with one attached hydrogen (secondary N) is 1. The molecular formula is C17H18BrNO2S. The molecule has 5 heteroatoms. The monoisotopic (exact) mass is 379 g/mol. The van der Waals surface area contributed by atoms with Crippen molar-refractivity contribution in [1.29, 1.82) is 0 Å². The van der Waals surface area contributed by atoms with Gasteiger partial charge in [0.2, 0.25) is 0 Å². The van der Waals surface area contributed by atoms with Crippen LogP contribution in [0.25, 0.3) is 0 Å². The first kappa shape index (κ1) is 14.5. The Bertz CT molecular complexity index is 668. The molecule has 0 radical (unpaired) electrons. The highest BCUT2D eigenvalue weighted by Crippen LogP contribution is 2.43. The molecule has 4 rings (SSSR count). The molecule has 0 saturated heterocycles. The largest absolute Gasteiger partial charge is 0.486 e. The second kappa shape index (κ2) is 6.22. The third kappa shape index (κ3) is 3.16. The van der Waals surface area contributed by atoms with Crippen LogP contribution in [0.15, 0.2) is 34.1 Å². The van der Waals surface area contributed by atoms with Gasteiger partial charge in [-0.05, 0) is 58.5 Å². The Kier molecular flexibility index (Phi) is 4.11. The summed E-state index contributed by atoms with van der Waals surface area (Å²) in [6.07, 6.45) is 2.61. The molecule has 0 unspecified atom stereocenters. The first-order valence-electron chi connectivity index (χ1n) is 7.65. The maximum Gasteiger partial charge on any atom is 0.161 e. The summed E-state index contributed by atoms with van der Waals surface area (Å²) in [7, 11) is 0. The molecule has 1 aliphatic heterocycles. The molecule has 22 heavy (non-hydrogen) atoms. The van der Waals surface area contributed by atoms with E-state index in [0.29, 0.717) is 19.3 Å². The summed E-state index contributed by atoms with van der Waals surface area (Å²) in [5.41, 5.74) is 1.31. The Morgan fingerprint density at radius 1 is 1.18 bits per heavy atom. The van der Waals surface area contributed by atoms with Crippen LogP contribution in [0.2, 0.25) is 0 Å². The number of thiophene rings is 1. The molecule has 1 aliphatic carbocycles. The molecule has 1 fully saturated rings. The lowest BCUT2D eigenvalue weighted by atomic mass is 10.0. The number of ether oxygens (including phenoxy) is 2. The summed E-state index contributed by atoms with van der Waals surface area (Å²) in [6, 6.07) is 8.95. The topological polar surface area (TPSA) is 30.5 Å². The number of hydrogen-bond acceptors (Lipinski definition) is 4. The molecule has 1 aromatic heterocycles. The standard InChI is InChI=1S/C17H18BrNO2S/c18-13-8-14(22-10-13)9-19-17(11-1-2-11)12-3-4-15-16(7-12)21-6-5-20-15/h3-4,7-8,10-11,17,19H,1-2,5-6,9H2/t17-/m0/s1. The highest BCUT2D eigenvalue weighted by Gasteiger charge is 2.32. The number of rotatable bonds is 5. The van der Waals surface area contributed by atoms with Crippen LogP contribution in [-0.4, -0.2) is 13.2 Å². The fraction of sp³-hybridized carbons (Fsp3) is 0.412. The van der Waals surface area contributed by atoms with E-state index >= 15 is 0 Å². The van der Waals surface area contributed by atoms with E-state index in [1.54, 1.807) is 11.3 Å². The van der Waals surface area contributed by atoms with Crippen molar-refractivity contribution in [1.82, 2.24) is 5.32 Å². The van der Waals surface area contributed by atoms with Gasteiger partial charge in [-0.1, -0.05) is 6.07 Å². The van der Waals surface area contributed by atoms with Crippen molar-refractivity contribution < 1.29 is 9.47 Å². The van der Waals surface area contributed by atoms with Crippen LogP contribution in [0.3, 0.4) is 0 Å². The molecule has 3 nitrogen and oxygen atoms in total. The van der Waals surface area contributed by atoms with Crippen molar-refractivity contribution in [2.75, 3.05) is 13.2 Å². The summed E-state index contributed by atoms with van der Waals surface area (Å²) in [5, 5.41) is 5.86. The van der Waals surface area contributed by atoms with Gasteiger partial charge in [-0.25, -0.2) is 0 Å². The van der Waals surface area contributed by atoms with Crippen molar-refractivity contribution in [2.24, 2.45) is 5.92 Å². The summed E-state index contributed by atoms with van der Waals surface area (Å²) >= 11 is 5.31. The van der Waals surface area contributed by atoms with Gasteiger partial charge in [-0.2, -0.15) is 0 Å². The molecule has 1 saturated carbocycles. The second-order valence-electron chi connectivity index (χ2n) is 5.83. The minimum atomic E-state index is 0.400. The Hall–Kier alpha value is -1.04. The predicted octanol–water partition coefficient (Wildman–Crippen LogP) is 4.52. The molecule has 2 aromatic rings. The van der Waals surface area contributed by atoms with Crippen LogP contribution in [0.5, 0.6) is 11.5 Å². The molecule has 116 valence electrons. The Morgan fingerprint density at radius 3 is 2.73 bits per heavy atom. The van der Waals surface area contributed by atoms with E-state index in [-0.39, 0.29) is 0 Å². The van der Waals surface area contributed by atoms with Gasteiger partial charge >= 0.3 is 0 Å². The van der Waals surface area contributed by atoms with Crippen LogP contribution in [0.1, 0.15) is 29.3 Å². The fourth-order valence-corrected chi connectivity index (χ4v) is 4.30. The Labute approximate surface area is 142 Å². The minimum Gasteiger partial charge on any atom is -0.486 e. The zero-order chi connectivity index (χ0) is 14.9. The zero-order valence-corrected chi connectivity index (χ0v) is 14.6. The van der Waals surface area contributed by atoms with Crippen LogP contribution in [0.4, 0.5) is 0 Å². The molecule has 1 atom stereocenters. The highest BCUT2D eigenvalue weighted by atomic mass is 79.9. The van der Waals surface area contributed by atoms with Crippen LogP contribution in [0, 0.1) is 5.92 Å². The number of fused-ring (bicyclic) bond motifs is 1. The molecule has 2 heterocycles. The molecule has 0 amide bonds. The van der Waals surface area contributed by atoms with Gasteiger partial charge in [0.25, 0.3) is 0 Å². The van der Waals surface area contributed by atoms with E-state index in [9.17, 15) is 0 Å². The predicted molar refractivity (Wildman–Crippen MR) is 91.8 cm³/mol. The first-order valence-corrected chi connectivity index (χ1v) is 9.33. The molecule has 0 bridgehead atoms. The van der Waals surface area contributed by atoms with Crippen molar-refractivity contribution in [2.45, 2.75) is 25.4 Å². The molecule has 1 N–H and O–H groups in total. The lowest BCUT2D eigenvalue weighted by Crippen LogP contribution is -2.23. The maximum absolute atomic E-state index is 5.72. The van der Waals surface area contributed by atoms with Crippen LogP contribution >= 0.6 is 27.3 Å². The third-order valence-corrected chi connectivity index (χ3v) is 5.83. The van der Waals surface area contributed by atoms with E-state index in [1.165, 1.54) is 23.3 Å². The van der Waals surface area contributed by atoms with E-state index in [1.807, 2.05) is 6.07 Å². The second-order valence-corrected chi connectivity index (χ2v) is 7.74. The fourth-order valence-electron chi connectivity index (χ4n) is 2.90. The summed E-state index contributed by atoms with van der Waals surface area (Å²) in [5.74, 6) is 2.49. The van der Waals surface area contributed by atoms with Crippen LogP contribution in [-0.2, 0) is 6.54 Å². The number of halogens is 1. The van der Waals surface area contributed by atoms with E-state index < -0.39 is 0 Å². The van der Waals surface area contributed by atoms with Crippen molar-refractivity contribution >= 4 is 27.3 Å². The van der Waals surface area contributed by atoms with Gasteiger partial charge in [-0.3, -0.25) is 0 Å². The number of benzene rings is 1. The normalized spacial score (nSPS) is 18.2. The summed E-state index contributed by atoms with van der Waals surface area (Å²) in [4.78, 5) is 1.36. The van der Waals surface area contributed by atoms with Gasteiger partial charge < -0.3 is 14.8 Å². The van der Waals surface area contributed by atoms with Gasteiger partial charge in [0.05, 0.1) is 0 Å². The SMILES string of the molecule is Brc1csc(CN[C@H](c2ccc3c(c2)OCCO3)C2CC2)c1. The van der Waals surface area contributed by atoms with Gasteiger partial charge in [0.15, 0.2) is 11.5 Å². The quantitative estimate of drug-likeness (QED) is 0.827. The molecule has 0 spiro atoms. The first-order chi connectivity index (χ1) is 10.8. The Balaban J connectivity index is 1.51. The summed E-state index contributed by atoms with van der Waals surface area (Å²) in [6.45, 7) is 2.19. The van der Waals surface area contributed by atoms with Gasteiger partial charge in [-0.15, -0.1) is 11.3 Å². The maximum atomic E-state index is 5.72.